The van der Waals surface area contributed by atoms with Crippen LogP contribution in [-0.4, -0.2) is 22.6 Å². The number of nitrogens with one attached hydrogen (secondary N) is 1. The monoisotopic (exact) mass is 517 g/mol. The second kappa shape index (κ2) is 9.25. The summed E-state index contributed by atoms with van der Waals surface area (Å²) in [4.78, 5) is 11.2. The average Bonchev–Trinajstić information content (AvgIpc) is 3.18. The van der Waals surface area contributed by atoms with Crippen LogP contribution in [0.3, 0.4) is 0 Å². The van der Waals surface area contributed by atoms with Crippen molar-refractivity contribution in [2.24, 2.45) is 0 Å². The zero-order valence-electron chi connectivity index (χ0n) is 18.0. The average molecular weight is 518 g/mol. The lowest BCUT2D eigenvalue weighted by molar-refractivity contribution is -0.116. The highest BCUT2D eigenvalue weighted by atomic mass is 35.5. The summed E-state index contributed by atoms with van der Waals surface area (Å²) in [5.41, 5.74) is 1.36. The van der Waals surface area contributed by atoms with E-state index in [2.05, 4.69) is 4.72 Å². The van der Waals surface area contributed by atoms with Crippen molar-refractivity contribution in [2.45, 2.75) is 29.1 Å². The Morgan fingerprint density at radius 1 is 0.912 bits per heavy atom. The van der Waals surface area contributed by atoms with Crippen molar-refractivity contribution in [1.82, 2.24) is 0 Å². The van der Waals surface area contributed by atoms with Gasteiger partial charge in [0.1, 0.15) is 11.4 Å². The van der Waals surface area contributed by atoms with E-state index in [1.807, 2.05) is 0 Å². The van der Waals surface area contributed by atoms with E-state index in [1.165, 1.54) is 31.2 Å². The van der Waals surface area contributed by atoms with E-state index in [1.54, 1.807) is 48.5 Å². The first-order chi connectivity index (χ1) is 16.0. The van der Waals surface area contributed by atoms with Crippen molar-refractivity contribution in [2.75, 3.05) is 4.72 Å². The van der Waals surface area contributed by atoms with Gasteiger partial charge in [0, 0.05) is 22.9 Å². The molecule has 4 rings (SSSR count). The molecule has 0 saturated heterocycles. The van der Waals surface area contributed by atoms with Gasteiger partial charge in [0.2, 0.25) is 5.09 Å². The summed E-state index contributed by atoms with van der Waals surface area (Å²) in [7, 11) is -8.23. The largest absolute Gasteiger partial charge is 0.443 e. The molecule has 7 nitrogen and oxygen atoms in total. The van der Waals surface area contributed by atoms with Gasteiger partial charge >= 0.3 is 0 Å². The molecule has 0 radical (unpaired) electrons. The van der Waals surface area contributed by atoms with Crippen molar-refractivity contribution < 1.29 is 26.0 Å². The van der Waals surface area contributed by atoms with Gasteiger partial charge in [-0.25, -0.2) is 8.42 Å². The van der Waals surface area contributed by atoms with Gasteiger partial charge in [0.05, 0.1) is 16.3 Å². The number of sulfone groups is 1. The maximum absolute atomic E-state index is 13.3. The molecule has 0 aliphatic carbocycles. The van der Waals surface area contributed by atoms with Crippen LogP contribution in [0, 0.1) is 0 Å². The van der Waals surface area contributed by atoms with E-state index in [0.717, 1.165) is 0 Å². The smallest absolute Gasteiger partial charge is 0.295 e. The Hall–Kier alpha value is -3.14. The zero-order valence-corrected chi connectivity index (χ0v) is 20.4. The van der Waals surface area contributed by atoms with E-state index in [0.29, 0.717) is 22.1 Å². The summed E-state index contributed by atoms with van der Waals surface area (Å²) >= 11 is 6.05. The molecule has 10 heteroatoms. The highest BCUT2D eigenvalue weighted by molar-refractivity contribution is 7.93. The quantitative estimate of drug-likeness (QED) is 0.352. The molecule has 34 heavy (non-hydrogen) atoms. The summed E-state index contributed by atoms with van der Waals surface area (Å²) in [5, 5.41) is 0.394. The number of halogens is 1. The van der Waals surface area contributed by atoms with Crippen LogP contribution in [-0.2, 0) is 36.8 Å². The lowest BCUT2D eigenvalue weighted by Crippen LogP contribution is -2.16. The maximum atomic E-state index is 13.3. The standard InChI is InChI=1S/C24H20ClNO6S2/c1-16(27)11-17-5-4-6-18(12-17)15-33(28,29)23-10-9-20(25)14-21(23)26-34(30,31)24-13-19-7-2-3-8-22(19)32-24/h2-10,12-14,26H,11,15H2,1H3. The molecule has 0 bridgehead atoms. The van der Waals surface area contributed by atoms with E-state index in [4.69, 9.17) is 16.0 Å². The number of fused-ring (bicyclic) bond motifs is 1. The highest BCUT2D eigenvalue weighted by Gasteiger charge is 2.26. The minimum Gasteiger partial charge on any atom is -0.443 e. The molecule has 0 spiro atoms. The van der Waals surface area contributed by atoms with Gasteiger partial charge in [-0.1, -0.05) is 54.1 Å². The first kappa shape index (κ1) is 24.0. The first-order valence-corrected chi connectivity index (χ1v) is 13.7. The van der Waals surface area contributed by atoms with Gasteiger partial charge < -0.3 is 4.42 Å². The number of anilines is 1. The predicted molar refractivity (Wildman–Crippen MR) is 130 cm³/mol. The summed E-state index contributed by atoms with van der Waals surface area (Å²) in [5.74, 6) is -0.431. The van der Waals surface area contributed by atoms with Gasteiger partial charge in [0.25, 0.3) is 10.0 Å². The Kier molecular flexibility index (Phi) is 6.53. The number of sulfonamides is 1. The topological polar surface area (TPSA) is 111 Å². The second-order valence-corrected chi connectivity index (χ2v) is 11.8. The molecular weight excluding hydrogens is 498 g/mol. The summed E-state index contributed by atoms with van der Waals surface area (Å²) in [6.07, 6.45) is 0.192. The van der Waals surface area contributed by atoms with E-state index >= 15 is 0 Å². The third-order valence-corrected chi connectivity index (χ3v) is 8.18. The maximum Gasteiger partial charge on any atom is 0.295 e. The number of para-hydroxylation sites is 1. The number of ketones is 1. The fourth-order valence-corrected chi connectivity index (χ4v) is 6.32. The molecule has 1 N–H and O–H groups in total. The minimum absolute atomic E-state index is 0.0417. The van der Waals surface area contributed by atoms with Crippen molar-refractivity contribution in [1.29, 1.82) is 0 Å². The van der Waals surface area contributed by atoms with Gasteiger partial charge in [-0.2, -0.15) is 8.42 Å². The Morgan fingerprint density at radius 3 is 2.38 bits per heavy atom. The SMILES string of the molecule is CC(=O)Cc1cccc(CS(=O)(=O)c2ccc(Cl)cc2NS(=O)(=O)c2cc3ccccc3o2)c1. The fraction of sp³-hybridized carbons (Fsp3) is 0.125. The normalized spacial score (nSPS) is 12.1. The van der Waals surface area contributed by atoms with E-state index in [9.17, 15) is 21.6 Å². The molecule has 4 aromatic rings. The molecule has 0 aliphatic heterocycles. The molecule has 0 unspecified atom stereocenters. The number of Topliss-reactive ketones (excluding diaryl/α,β-unsaturated/α-hetero) is 1. The van der Waals surface area contributed by atoms with Crippen LogP contribution in [0.15, 0.2) is 87.2 Å². The Bertz CT molecular complexity index is 1570. The lowest BCUT2D eigenvalue weighted by atomic mass is 10.1. The number of carbonyl (C=O) groups excluding carboxylic acids is 1. The van der Waals surface area contributed by atoms with Crippen LogP contribution in [0.25, 0.3) is 11.0 Å². The van der Waals surface area contributed by atoms with Gasteiger partial charge in [0.15, 0.2) is 9.84 Å². The van der Waals surface area contributed by atoms with Crippen LogP contribution >= 0.6 is 11.6 Å². The molecule has 0 saturated carbocycles. The number of rotatable bonds is 8. The minimum atomic E-state index is -4.25. The lowest BCUT2D eigenvalue weighted by Gasteiger charge is -2.13. The van der Waals surface area contributed by atoms with Crippen molar-refractivity contribution >= 4 is 53.9 Å². The second-order valence-electron chi connectivity index (χ2n) is 7.81. The summed E-state index contributed by atoms with van der Waals surface area (Å²) < 4.78 is 60.3. The summed E-state index contributed by atoms with van der Waals surface area (Å²) in [6.45, 7) is 1.46. The van der Waals surface area contributed by atoms with Crippen molar-refractivity contribution in [3.05, 3.63) is 88.9 Å². The number of furan rings is 1. The molecule has 176 valence electrons. The van der Waals surface area contributed by atoms with Crippen LogP contribution in [0.1, 0.15) is 18.1 Å². The van der Waals surface area contributed by atoms with Crippen LogP contribution < -0.4 is 4.72 Å². The number of benzene rings is 3. The number of hydrogen-bond donors (Lipinski definition) is 1. The molecule has 0 fully saturated rings. The molecule has 0 atom stereocenters. The molecular formula is C24H20ClNO6S2. The van der Waals surface area contributed by atoms with Crippen molar-refractivity contribution in [3.63, 3.8) is 0 Å². The third kappa shape index (κ3) is 5.32. The van der Waals surface area contributed by atoms with Crippen LogP contribution in [0.2, 0.25) is 5.02 Å². The Balaban J connectivity index is 1.68. The summed E-state index contributed by atoms with van der Waals surface area (Å²) in [6, 6.07) is 18.7. The molecule has 0 amide bonds. The van der Waals surface area contributed by atoms with E-state index < -0.39 is 19.9 Å². The fourth-order valence-electron chi connectivity index (χ4n) is 3.55. The highest BCUT2D eigenvalue weighted by Crippen LogP contribution is 2.31. The van der Waals surface area contributed by atoms with Gasteiger partial charge in [-0.3, -0.25) is 9.52 Å². The van der Waals surface area contributed by atoms with Gasteiger partial charge in [-0.05, 0) is 42.3 Å². The first-order valence-electron chi connectivity index (χ1n) is 10.1. The van der Waals surface area contributed by atoms with Crippen molar-refractivity contribution in [3.8, 4) is 0 Å². The van der Waals surface area contributed by atoms with Crippen LogP contribution in [0.5, 0.6) is 0 Å². The molecule has 0 aliphatic rings. The third-order valence-electron chi connectivity index (χ3n) is 4.99. The Labute approximate surface area is 202 Å². The molecule has 1 heterocycles. The van der Waals surface area contributed by atoms with Crippen LogP contribution in [0.4, 0.5) is 5.69 Å². The van der Waals surface area contributed by atoms with Gasteiger partial charge in [-0.15, -0.1) is 0 Å². The van der Waals surface area contributed by atoms with E-state index in [-0.39, 0.29) is 38.7 Å². The predicted octanol–water partition coefficient (Wildman–Crippen LogP) is 4.99. The number of carbonyl (C=O) groups is 1. The zero-order chi connectivity index (χ0) is 24.5. The Morgan fingerprint density at radius 2 is 1.65 bits per heavy atom. The molecule has 1 aromatic heterocycles. The molecule has 3 aromatic carbocycles. The number of hydrogen-bond acceptors (Lipinski definition) is 6.